The first-order valence-corrected chi connectivity index (χ1v) is 9.96. The Morgan fingerprint density at radius 1 is 0.897 bits per heavy atom. The van der Waals surface area contributed by atoms with E-state index in [4.69, 9.17) is 4.74 Å². The largest absolute Gasteiger partial charge is 0.492 e. The van der Waals surface area contributed by atoms with Gasteiger partial charge in [0.15, 0.2) is 0 Å². The molecule has 0 heterocycles. The van der Waals surface area contributed by atoms with Crippen molar-refractivity contribution in [2.75, 3.05) is 19.0 Å². The minimum Gasteiger partial charge on any atom is -0.492 e. The second kappa shape index (κ2) is 9.89. The van der Waals surface area contributed by atoms with Gasteiger partial charge in [-0.05, 0) is 64.0 Å². The summed E-state index contributed by atoms with van der Waals surface area (Å²) in [5, 5.41) is 5.38. The fourth-order valence-corrected chi connectivity index (χ4v) is 3.23. The SMILES string of the molecule is CNC(=O)c1ccc(NC(=O)c2ccc(OCCc3ccccc3)c(Br)c2)cc1. The number of carbonyl (C=O) groups is 2. The van der Waals surface area contributed by atoms with E-state index < -0.39 is 0 Å². The maximum Gasteiger partial charge on any atom is 0.255 e. The van der Waals surface area contributed by atoms with Crippen molar-refractivity contribution in [1.29, 1.82) is 0 Å². The number of carbonyl (C=O) groups excluding carboxylic acids is 2. The molecule has 2 N–H and O–H groups in total. The number of hydrogen-bond acceptors (Lipinski definition) is 3. The van der Waals surface area contributed by atoms with Crippen molar-refractivity contribution in [2.45, 2.75) is 6.42 Å². The van der Waals surface area contributed by atoms with Crippen molar-refractivity contribution in [1.82, 2.24) is 5.32 Å². The Balaban J connectivity index is 1.58. The topological polar surface area (TPSA) is 67.4 Å². The van der Waals surface area contributed by atoms with Crippen molar-refractivity contribution >= 4 is 33.4 Å². The van der Waals surface area contributed by atoms with Gasteiger partial charge in [-0.1, -0.05) is 30.3 Å². The maximum atomic E-state index is 12.5. The molecule has 0 aliphatic rings. The Morgan fingerprint density at radius 2 is 1.59 bits per heavy atom. The van der Waals surface area contributed by atoms with Crippen LogP contribution < -0.4 is 15.4 Å². The lowest BCUT2D eigenvalue weighted by atomic mass is 10.1. The average Bonchev–Trinajstić information content (AvgIpc) is 2.75. The smallest absolute Gasteiger partial charge is 0.255 e. The number of ether oxygens (including phenoxy) is 1. The molecular formula is C23H21BrN2O3. The molecule has 0 bridgehead atoms. The van der Waals surface area contributed by atoms with Gasteiger partial charge >= 0.3 is 0 Å². The number of halogens is 1. The minimum absolute atomic E-state index is 0.172. The molecule has 3 rings (SSSR count). The van der Waals surface area contributed by atoms with Crippen LogP contribution in [0.5, 0.6) is 5.75 Å². The van der Waals surface area contributed by atoms with E-state index in [0.717, 1.165) is 6.42 Å². The standard InChI is InChI=1S/C23H21BrN2O3/c1-25-22(27)17-7-10-19(11-8-17)26-23(28)18-9-12-21(20(24)15-18)29-14-13-16-5-3-2-4-6-16/h2-12,15H,13-14H2,1H3,(H,25,27)(H,26,28). The molecule has 5 nitrogen and oxygen atoms in total. The Morgan fingerprint density at radius 3 is 2.24 bits per heavy atom. The van der Waals surface area contributed by atoms with Gasteiger partial charge < -0.3 is 15.4 Å². The third kappa shape index (κ3) is 5.68. The van der Waals surface area contributed by atoms with Gasteiger partial charge in [-0.25, -0.2) is 0 Å². The summed E-state index contributed by atoms with van der Waals surface area (Å²) in [5.74, 6) is 0.274. The third-order valence-electron chi connectivity index (χ3n) is 4.32. The molecule has 3 aromatic carbocycles. The normalized spacial score (nSPS) is 10.3. The van der Waals surface area contributed by atoms with Crippen molar-refractivity contribution in [2.24, 2.45) is 0 Å². The van der Waals surface area contributed by atoms with Gasteiger partial charge in [-0.3, -0.25) is 9.59 Å². The highest BCUT2D eigenvalue weighted by atomic mass is 79.9. The summed E-state index contributed by atoms with van der Waals surface area (Å²) in [7, 11) is 1.57. The summed E-state index contributed by atoms with van der Waals surface area (Å²) in [6, 6.07) is 22.1. The van der Waals surface area contributed by atoms with Crippen LogP contribution >= 0.6 is 15.9 Å². The summed E-state index contributed by atoms with van der Waals surface area (Å²) >= 11 is 3.47. The summed E-state index contributed by atoms with van der Waals surface area (Å²) in [4.78, 5) is 24.1. The van der Waals surface area contributed by atoms with Crippen LogP contribution in [0.3, 0.4) is 0 Å². The van der Waals surface area contributed by atoms with Gasteiger partial charge in [0, 0.05) is 30.3 Å². The highest BCUT2D eigenvalue weighted by Gasteiger charge is 2.10. The summed E-state index contributed by atoms with van der Waals surface area (Å²) in [6.07, 6.45) is 0.807. The van der Waals surface area contributed by atoms with Gasteiger partial charge in [-0.2, -0.15) is 0 Å². The fourth-order valence-electron chi connectivity index (χ4n) is 2.74. The molecular weight excluding hydrogens is 432 g/mol. The van der Waals surface area contributed by atoms with Crippen LogP contribution in [0.25, 0.3) is 0 Å². The van der Waals surface area contributed by atoms with Crippen molar-refractivity contribution in [3.63, 3.8) is 0 Å². The minimum atomic E-state index is -0.241. The highest BCUT2D eigenvalue weighted by molar-refractivity contribution is 9.10. The lowest BCUT2D eigenvalue weighted by Gasteiger charge is -2.11. The Hall–Kier alpha value is -3.12. The molecule has 6 heteroatoms. The molecule has 0 fully saturated rings. The Labute approximate surface area is 178 Å². The number of amides is 2. The van der Waals surface area contributed by atoms with Crippen molar-refractivity contribution in [3.05, 3.63) is 94.0 Å². The van der Waals surface area contributed by atoms with Crippen LogP contribution in [-0.2, 0) is 6.42 Å². The molecule has 0 unspecified atom stereocenters. The predicted octanol–water partition coefficient (Wildman–Crippen LogP) is 4.68. The number of benzene rings is 3. The van der Waals surface area contributed by atoms with E-state index in [2.05, 4.69) is 38.7 Å². The van der Waals surface area contributed by atoms with E-state index in [1.54, 1.807) is 49.5 Å². The molecule has 0 aromatic heterocycles. The van der Waals surface area contributed by atoms with Crippen LogP contribution in [0.2, 0.25) is 0 Å². The summed E-state index contributed by atoms with van der Waals surface area (Å²) < 4.78 is 6.54. The van der Waals surface area contributed by atoms with Crippen LogP contribution in [0.15, 0.2) is 77.3 Å². The molecule has 148 valence electrons. The quantitative estimate of drug-likeness (QED) is 0.546. The first-order chi connectivity index (χ1) is 14.1. The molecule has 29 heavy (non-hydrogen) atoms. The second-order valence-corrected chi connectivity index (χ2v) is 7.19. The molecule has 0 aliphatic heterocycles. The van der Waals surface area contributed by atoms with Gasteiger partial charge in [-0.15, -0.1) is 0 Å². The summed E-state index contributed by atoms with van der Waals surface area (Å²) in [6.45, 7) is 0.547. The van der Waals surface area contributed by atoms with E-state index in [-0.39, 0.29) is 11.8 Å². The second-order valence-electron chi connectivity index (χ2n) is 6.34. The van der Waals surface area contributed by atoms with Gasteiger partial charge in [0.05, 0.1) is 11.1 Å². The molecule has 3 aromatic rings. The van der Waals surface area contributed by atoms with Crippen LogP contribution in [-0.4, -0.2) is 25.5 Å². The first kappa shape index (κ1) is 20.6. The van der Waals surface area contributed by atoms with Crippen molar-refractivity contribution < 1.29 is 14.3 Å². The van der Waals surface area contributed by atoms with E-state index in [9.17, 15) is 9.59 Å². The predicted molar refractivity (Wildman–Crippen MR) is 118 cm³/mol. The third-order valence-corrected chi connectivity index (χ3v) is 4.94. The average molecular weight is 453 g/mol. The van der Waals surface area contributed by atoms with E-state index in [1.807, 2.05) is 18.2 Å². The lowest BCUT2D eigenvalue weighted by Crippen LogP contribution is -2.17. The molecule has 0 spiro atoms. The molecule has 0 saturated heterocycles. The highest BCUT2D eigenvalue weighted by Crippen LogP contribution is 2.26. The van der Waals surface area contributed by atoms with Gasteiger partial charge in [0.25, 0.3) is 11.8 Å². The van der Waals surface area contributed by atoms with Crippen LogP contribution in [0, 0.1) is 0 Å². The zero-order chi connectivity index (χ0) is 20.6. The van der Waals surface area contributed by atoms with Crippen molar-refractivity contribution in [3.8, 4) is 5.75 Å². The lowest BCUT2D eigenvalue weighted by molar-refractivity contribution is 0.0962. The number of anilines is 1. The first-order valence-electron chi connectivity index (χ1n) is 9.16. The number of hydrogen-bond donors (Lipinski definition) is 2. The number of rotatable bonds is 7. The van der Waals surface area contributed by atoms with Gasteiger partial charge in [0.1, 0.15) is 5.75 Å². The summed E-state index contributed by atoms with van der Waals surface area (Å²) in [5.41, 5.74) is 2.86. The van der Waals surface area contributed by atoms with Gasteiger partial charge in [0.2, 0.25) is 0 Å². The fraction of sp³-hybridized carbons (Fsp3) is 0.130. The molecule has 0 aliphatic carbocycles. The monoisotopic (exact) mass is 452 g/mol. The maximum absolute atomic E-state index is 12.5. The molecule has 0 radical (unpaired) electrons. The molecule has 0 saturated carbocycles. The van der Waals surface area contributed by atoms with E-state index >= 15 is 0 Å². The molecule has 2 amide bonds. The van der Waals surface area contributed by atoms with Crippen LogP contribution in [0.4, 0.5) is 5.69 Å². The zero-order valence-electron chi connectivity index (χ0n) is 15.9. The molecule has 0 atom stereocenters. The van der Waals surface area contributed by atoms with E-state index in [0.29, 0.717) is 33.6 Å². The Kier molecular flexibility index (Phi) is 7.03. The van der Waals surface area contributed by atoms with E-state index in [1.165, 1.54) is 5.56 Å². The van der Waals surface area contributed by atoms with Crippen LogP contribution in [0.1, 0.15) is 26.3 Å². The Bertz CT molecular complexity index is 989. The zero-order valence-corrected chi connectivity index (χ0v) is 17.5. The number of nitrogens with one attached hydrogen (secondary N) is 2.